The molecule has 2 N–H and O–H groups in total. The van der Waals surface area contributed by atoms with Crippen molar-refractivity contribution in [1.82, 2.24) is 9.80 Å². The Morgan fingerprint density at radius 3 is 2.30 bits per heavy atom. The number of benzene rings is 2. The number of carbonyl (C=O) groups is 2. The van der Waals surface area contributed by atoms with E-state index in [1.165, 1.54) is 0 Å². The Labute approximate surface area is 200 Å². The van der Waals surface area contributed by atoms with Gasteiger partial charge in [-0.1, -0.05) is 53.1 Å². The molecule has 1 saturated heterocycles. The number of hydrogen-bond acceptors (Lipinski definition) is 4. The number of nitrogens with one attached hydrogen (secondary N) is 1. The number of aliphatic hydroxyl groups is 1. The summed E-state index contributed by atoms with van der Waals surface area (Å²) in [5, 5.41) is 17.6. The molecule has 1 unspecified atom stereocenters. The lowest BCUT2D eigenvalue weighted by molar-refractivity contribution is -0.164. The Morgan fingerprint density at radius 1 is 1.12 bits per heavy atom. The lowest BCUT2D eigenvalue weighted by atomic mass is 9.84. The Hall–Kier alpha value is -2.70. The molecule has 0 spiro atoms. The summed E-state index contributed by atoms with van der Waals surface area (Å²) in [5.41, 5.74) is 3.35. The molecule has 2 aromatic carbocycles. The minimum Gasteiger partial charge on any atom is -0.390 e. The Bertz CT molecular complexity index is 1020. The SMILES string of the molecule is Cc1cc(C)cc(CC(=O)N2CCC2(C)C(=O)N(CCC(=N)CO)Cc2ccc(Cl)cc2)c1. The second kappa shape index (κ2) is 10.5. The van der Waals surface area contributed by atoms with E-state index in [2.05, 4.69) is 6.07 Å². The molecule has 1 aliphatic heterocycles. The van der Waals surface area contributed by atoms with Gasteiger partial charge in [0.15, 0.2) is 0 Å². The summed E-state index contributed by atoms with van der Waals surface area (Å²) < 4.78 is 0. The van der Waals surface area contributed by atoms with Crippen LogP contribution in [0.1, 0.15) is 42.0 Å². The quantitative estimate of drug-likeness (QED) is 0.546. The third-order valence-electron chi connectivity index (χ3n) is 6.26. The van der Waals surface area contributed by atoms with E-state index >= 15 is 0 Å². The topological polar surface area (TPSA) is 84.7 Å². The highest BCUT2D eigenvalue weighted by Gasteiger charge is 2.50. The average molecular weight is 470 g/mol. The van der Waals surface area contributed by atoms with Crippen molar-refractivity contribution in [3.8, 4) is 0 Å². The van der Waals surface area contributed by atoms with E-state index in [0.29, 0.717) is 31.1 Å². The third-order valence-corrected chi connectivity index (χ3v) is 6.52. The molecule has 33 heavy (non-hydrogen) atoms. The number of aryl methyl sites for hydroxylation is 2. The van der Waals surface area contributed by atoms with Crippen molar-refractivity contribution < 1.29 is 14.7 Å². The van der Waals surface area contributed by atoms with Gasteiger partial charge in [0, 0.05) is 36.8 Å². The first-order valence-corrected chi connectivity index (χ1v) is 11.6. The van der Waals surface area contributed by atoms with Crippen LogP contribution in [0.5, 0.6) is 0 Å². The summed E-state index contributed by atoms with van der Waals surface area (Å²) in [7, 11) is 0. The Morgan fingerprint density at radius 2 is 1.76 bits per heavy atom. The first-order chi connectivity index (χ1) is 15.6. The molecule has 1 atom stereocenters. The maximum absolute atomic E-state index is 13.7. The lowest BCUT2D eigenvalue weighted by Gasteiger charge is -2.51. The second-order valence-electron chi connectivity index (χ2n) is 9.11. The first kappa shape index (κ1) is 24.9. The average Bonchev–Trinajstić information content (AvgIpc) is 2.75. The van der Waals surface area contributed by atoms with Gasteiger partial charge in [-0.25, -0.2) is 0 Å². The van der Waals surface area contributed by atoms with Gasteiger partial charge in [-0.15, -0.1) is 0 Å². The summed E-state index contributed by atoms with van der Waals surface area (Å²) in [6, 6.07) is 13.4. The summed E-state index contributed by atoms with van der Waals surface area (Å²) in [5.74, 6) is -0.195. The molecule has 0 saturated carbocycles. The summed E-state index contributed by atoms with van der Waals surface area (Å²) in [6.07, 6.45) is 1.14. The van der Waals surface area contributed by atoms with Gasteiger partial charge in [-0.2, -0.15) is 0 Å². The molecule has 0 aromatic heterocycles. The number of aliphatic hydroxyl groups excluding tert-OH is 1. The van der Waals surface area contributed by atoms with Gasteiger partial charge in [0.2, 0.25) is 11.8 Å². The molecule has 7 heteroatoms. The van der Waals surface area contributed by atoms with Gasteiger partial charge in [-0.3, -0.25) is 9.59 Å². The largest absolute Gasteiger partial charge is 0.390 e. The lowest BCUT2D eigenvalue weighted by Crippen LogP contribution is -2.68. The van der Waals surface area contributed by atoms with Gasteiger partial charge in [0.1, 0.15) is 5.54 Å². The molecule has 1 fully saturated rings. The highest BCUT2D eigenvalue weighted by atomic mass is 35.5. The highest BCUT2D eigenvalue weighted by Crippen LogP contribution is 2.34. The maximum Gasteiger partial charge on any atom is 0.248 e. The Balaban J connectivity index is 1.76. The van der Waals surface area contributed by atoms with Crippen LogP contribution in [0, 0.1) is 19.3 Å². The van der Waals surface area contributed by atoms with E-state index in [1.54, 1.807) is 21.9 Å². The van der Waals surface area contributed by atoms with Gasteiger partial charge in [-0.05, 0) is 50.5 Å². The van der Waals surface area contributed by atoms with Crippen molar-refractivity contribution in [2.45, 2.75) is 52.1 Å². The Kier molecular flexibility index (Phi) is 7.92. The molecule has 3 rings (SSSR count). The third kappa shape index (κ3) is 6.01. The number of likely N-dealkylation sites (tertiary alicyclic amines) is 1. The number of hydrogen-bond donors (Lipinski definition) is 2. The first-order valence-electron chi connectivity index (χ1n) is 11.2. The summed E-state index contributed by atoms with van der Waals surface area (Å²) in [6.45, 7) is 6.71. The molecule has 1 heterocycles. The van der Waals surface area contributed by atoms with Crippen LogP contribution in [-0.4, -0.2) is 57.7 Å². The fraction of sp³-hybridized carbons (Fsp3) is 0.423. The summed E-state index contributed by atoms with van der Waals surface area (Å²) in [4.78, 5) is 30.2. The van der Waals surface area contributed by atoms with Crippen LogP contribution in [0.25, 0.3) is 0 Å². The maximum atomic E-state index is 13.7. The van der Waals surface area contributed by atoms with E-state index < -0.39 is 5.54 Å². The molecule has 2 amide bonds. The van der Waals surface area contributed by atoms with E-state index in [1.807, 2.05) is 45.0 Å². The zero-order valence-corrected chi connectivity index (χ0v) is 20.3. The van der Waals surface area contributed by atoms with Crippen LogP contribution >= 0.6 is 11.6 Å². The fourth-order valence-corrected chi connectivity index (χ4v) is 4.50. The predicted octanol–water partition coefficient (Wildman–Crippen LogP) is 3.92. The molecule has 0 bridgehead atoms. The molecule has 2 aromatic rings. The van der Waals surface area contributed by atoms with Crippen LogP contribution in [0.2, 0.25) is 5.02 Å². The molecule has 6 nitrogen and oxygen atoms in total. The molecule has 0 aliphatic carbocycles. The van der Waals surface area contributed by atoms with E-state index in [-0.39, 0.29) is 37.0 Å². The normalized spacial score (nSPS) is 17.4. The van der Waals surface area contributed by atoms with Crippen LogP contribution in [0.15, 0.2) is 42.5 Å². The van der Waals surface area contributed by atoms with Crippen LogP contribution < -0.4 is 0 Å². The highest BCUT2D eigenvalue weighted by molar-refractivity contribution is 6.30. The van der Waals surface area contributed by atoms with Gasteiger partial charge in [0.05, 0.1) is 13.0 Å². The molecular formula is C26H32ClN3O3. The van der Waals surface area contributed by atoms with Gasteiger partial charge < -0.3 is 20.3 Å². The zero-order chi connectivity index (χ0) is 24.2. The van der Waals surface area contributed by atoms with E-state index in [4.69, 9.17) is 17.0 Å². The predicted molar refractivity (Wildman–Crippen MR) is 131 cm³/mol. The van der Waals surface area contributed by atoms with Crippen LogP contribution in [0.4, 0.5) is 0 Å². The molecule has 176 valence electrons. The fourth-order valence-electron chi connectivity index (χ4n) is 4.37. The minimum absolute atomic E-state index is 0.0587. The zero-order valence-electron chi connectivity index (χ0n) is 19.5. The van der Waals surface area contributed by atoms with Crippen molar-refractivity contribution in [2.24, 2.45) is 0 Å². The standard InChI is InChI=1S/C26H32ClN3O3/c1-18-12-19(2)14-21(13-18)15-24(32)30-11-9-26(30,3)25(33)29(10-8-23(28)17-31)16-20-4-6-22(27)7-5-20/h4-7,12-14,28,31H,8-11,15-17H2,1-3H3. The monoisotopic (exact) mass is 469 g/mol. The number of halogens is 1. The molecular weight excluding hydrogens is 438 g/mol. The number of amides is 2. The number of rotatable bonds is 9. The van der Waals surface area contributed by atoms with Crippen molar-refractivity contribution in [2.75, 3.05) is 19.7 Å². The van der Waals surface area contributed by atoms with Crippen LogP contribution in [-0.2, 0) is 22.6 Å². The van der Waals surface area contributed by atoms with E-state index in [9.17, 15) is 14.7 Å². The van der Waals surface area contributed by atoms with E-state index in [0.717, 1.165) is 22.3 Å². The van der Waals surface area contributed by atoms with Gasteiger partial charge in [0.25, 0.3) is 0 Å². The van der Waals surface area contributed by atoms with Crippen molar-refractivity contribution in [3.05, 3.63) is 69.7 Å². The van der Waals surface area contributed by atoms with Gasteiger partial charge >= 0.3 is 0 Å². The minimum atomic E-state index is -0.913. The van der Waals surface area contributed by atoms with Crippen molar-refractivity contribution >= 4 is 29.1 Å². The molecule has 1 aliphatic rings. The second-order valence-corrected chi connectivity index (χ2v) is 9.54. The summed E-state index contributed by atoms with van der Waals surface area (Å²) >= 11 is 6.00. The van der Waals surface area contributed by atoms with Crippen molar-refractivity contribution in [1.29, 1.82) is 5.41 Å². The van der Waals surface area contributed by atoms with Crippen molar-refractivity contribution in [3.63, 3.8) is 0 Å². The van der Waals surface area contributed by atoms with Crippen LogP contribution in [0.3, 0.4) is 0 Å². The number of nitrogens with zero attached hydrogens (tertiary/aromatic N) is 2. The number of carbonyl (C=O) groups excluding carboxylic acids is 2. The molecule has 0 radical (unpaired) electrons. The smallest absolute Gasteiger partial charge is 0.248 e.